The molecule has 0 bridgehead atoms. The number of carboxylic acid groups (broad SMARTS) is 1. The molecule has 1 aromatic rings. The predicted molar refractivity (Wildman–Crippen MR) is 61.2 cm³/mol. The van der Waals surface area contributed by atoms with Gasteiger partial charge in [-0.2, -0.15) is 0 Å². The number of hydrogen-bond acceptors (Lipinski definition) is 5. The Hall–Kier alpha value is -2.02. The molecule has 1 fully saturated rings. The van der Waals surface area contributed by atoms with E-state index < -0.39 is 17.5 Å². The van der Waals surface area contributed by atoms with Gasteiger partial charge in [0.25, 0.3) is 5.91 Å². The molecule has 1 aromatic heterocycles. The lowest BCUT2D eigenvalue weighted by molar-refractivity contribution is -0.133. The number of amides is 1. The van der Waals surface area contributed by atoms with E-state index in [4.69, 9.17) is 9.84 Å². The van der Waals surface area contributed by atoms with Crippen molar-refractivity contribution in [3.8, 4) is 0 Å². The third-order valence-electron chi connectivity index (χ3n) is 2.83. The van der Waals surface area contributed by atoms with Crippen LogP contribution in [0.15, 0.2) is 12.4 Å². The molecule has 0 spiro atoms. The van der Waals surface area contributed by atoms with Crippen LogP contribution in [0.3, 0.4) is 0 Å². The van der Waals surface area contributed by atoms with E-state index in [9.17, 15) is 9.59 Å². The van der Waals surface area contributed by atoms with E-state index in [-0.39, 0.29) is 11.5 Å². The van der Waals surface area contributed by atoms with Crippen LogP contribution >= 0.6 is 0 Å². The van der Waals surface area contributed by atoms with Crippen molar-refractivity contribution in [3.05, 3.63) is 18.1 Å². The second-order valence-electron chi connectivity index (χ2n) is 4.20. The average Bonchev–Trinajstić information content (AvgIpc) is 2.78. The van der Waals surface area contributed by atoms with E-state index in [0.29, 0.717) is 13.0 Å². The van der Waals surface area contributed by atoms with E-state index in [1.165, 1.54) is 12.4 Å². The topological polar surface area (TPSA) is 101 Å². The Kier molecular flexibility index (Phi) is 3.24. The molecule has 0 radical (unpaired) electrons. The predicted octanol–water partition coefficient (Wildman–Crippen LogP) is 0.682. The van der Waals surface area contributed by atoms with Crippen molar-refractivity contribution in [3.63, 3.8) is 0 Å². The minimum atomic E-state index is -1.24. The highest BCUT2D eigenvalue weighted by atomic mass is 16.5. The molecule has 0 saturated carbocycles. The van der Waals surface area contributed by atoms with Crippen LogP contribution in [0, 0.1) is 0 Å². The maximum atomic E-state index is 12.0. The number of nitrogens with one attached hydrogen (secondary N) is 1. The Morgan fingerprint density at radius 1 is 1.44 bits per heavy atom. The van der Waals surface area contributed by atoms with Gasteiger partial charge in [0, 0.05) is 19.0 Å². The second kappa shape index (κ2) is 4.69. The van der Waals surface area contributed by atoms with Crippen molar-refractivity contribution < 1.29 is 19.4 Å². The Morgan fingerprint density at radius 3 is 2.78 bits per heavy atom. The summed E-state index contributed by atoms with van der Waals surface area (Å²) in [5.41, 5.74) is -1.21. The molecule has 1 saturated heterocycles. The van der Waals surface area contributed by atoms with Crippen molar-refractivity contribution in [2.75, 3.05) is 11.9 Å². The first-order chi connectivity index (χ1) is 8.53. The van der Waals surface area contributed by atoms with Crippen LogP contribution < -0.4 is 5.32 Å². The van der Waals surface area contributed by atoms with Gasteiger partial charge in [0.1, 0.15) is 5.60 Å². The Balaban J connectivity index is 2.19. The van der Waals surface area contributed by atoms with E-state index in [1.54, 1.807) is 6.92 Å². The van der Waals surface area contributed by atoms with Gasteiger partial charge < -0.3 is 15.2 Å². The molecule has 1 atom stereocenters. The molecule has 0 aliphatic carbocycles. The summed E-state index contributed by atoms with van der Waals surface area (Å²) in [5, 5.41) is 11.4. The van der Waals surface area contributed by atoms with Crippen LogP contribution in [0.2, 0.25) is 0 Å². The fourth-order valence-electron chi connectivity index (χ4n) is 1.78. The maximum Gasteiger partial charge on any atom is 0.358 e. The van der Waals surface area contributed by atoms with Crippen LogP contribution in [0.25, 0.3) is 0 Å². The molecule has 1 unspecified atom stereocenters. The first-order valence-corrected chi connectivity index (χ1v) is 5.53. The quantitative estimate of drug-likeness (QED) is 0.819. The lowest BCUT2D eigenvalue weighted by atomic mass is 10.0. The lowest BCUT2D eigenvalue weighted by Crippen LogP contribution is -2.39. The first kappa shape index (κ1) is 12.4. The number of nitrogens with zero attached hydrogens (tertiary/aromatic N) is 2. The monoisotopic (exact) mass is 251 g/mol. The third kappa shape index (κ3) is 2.30. The maximum absolute atomic E-state index is 12.0. The van der Waals surface area contributed by atoms with Gasteiger partial charge in [-0.05, 0) is 19.8 Å². The van der Waals surface area contributed by atoms with E-state index in [2.05, 4.69) is 15.3 Å². The van der Waals surface area contributed by atoms with Crippen LogP contribution in [-0.2, 0) is 9.53 Å². The number of rotatable bonds is 3. The SMILES string of the molecule is CC1(C(=O)Nc2nccnc2C(=O)O)CCCO1. The first-order valence-electron chi connectivity index (χ1n) is 5.53. The summed E-state index contributed by atoms with van der Waals surface area (Å²) in [6, 6.07) is 0. The molecule has 1 aliphatic rings. The molecule has 18 heavy (non-hydrogen) atoms. The number of carbonyl (C=O) groups is 2. The number of anilines is 1. The largest absolute Gasteiger partial charge is 0.476 e. The van der Waals surface area contributed by atoms with Crippen molar-refractivity contribution >= 4 is 17.7 Å². The highest BCUT2D eigenvalue weighted by Crippen LogP contribution is 2.26. The number of carbonyl (C=O) groups excluding carboxylic acids is 1. The third-order valence-corrected chi connectivity index (χ3v) is 2.83. The zero-order valence-corrected chi connectivity index (χ0v) is 9.84. The van der Waals surface area contributed by atoms with Gasteiger partial charge in [0.05, 0.1) is 0 Å². The summed E-state index contributed by atoms with van der Waals surface area (Å²) < 4.78 is 5.37. The molecule has 0 aromatic carbocycles. The van der Waals surface area contributed by atoms with Crippen molar-refractivity contribution in [1.82, 2.24) is 9.97 Å². The van der Waals surface area contributed by atoms with Gasteiger partial charge in [0.2, 0.25) is 0 Å². The average molecular weight is 251 g/mol. The molecule has 1 amide bonds. The van der Waals surface area contributed by atoms with Gasteiger partial charge in [0.15, 0.2) is 11.5 Å². The highest BCUT2D eigenvalue weighted by molar-refractivity contribution is 6.01. The fourth-order valence-corrected chi connectivity index (χ4v) is 1.78. The Morgan fingerprint density at radius 2 is 2.17 bits per heavy atom. The smallest absolute Gasteiger partial charge is 0.358 e. The molecule has 2 N–H and O–H groups in total. The van der Waals surface area contributed by atoms with Crippen molar-refractivity contribution in [2.45, 2.75) is 25.4 Å². The summed E-state index contributed by atoms with van der Waals surface area (Å²) >= 11 is 0. The molecule has 2 heterocycles. The standard InChI is InChI=1S/C11H13N3O4/c1-11(3-2-6-18-11)10(17)14-8-7(9(15)16)12-4-5-13-8/h4-5H,2-3,6H2,1H3,(H,15,16)(H,13,14,17). The van der Waals surface area contributed by atoms with Crippen LogP contribution in [-0.4, -0.2) is 39.2 Å². The number of ether oxygens (including phenoxy) is 1. The Bertz CT molecular complexity index is 483. The summed E-state index contributed by atoms with van der Waals surface area (Å²) in [5.74, 6) is -1.70. The normalized spacial score (nSPS) is 22.7. The minimum absolute atomic E-state index is 0.0632. The van der Waals surface area contributed by atoms with Gasteiger partial charge >= 0.3 is 5.97 Å². The molecule has 96 valence electrons. The van der Waals surface area contributed by atoms with E-state index >= 15 is 0 Å². The zero-order valence-electron chi connectivity index (χ0n) is 9.84. The van der Waals surface area contributed by atoms with Gasteiger partial charge in [-0.1, -0.05) is 0 Å². The van der Waals surface area contributed by atoms with Crippen LogP contribution in [0.4, 0.5) is 5.82 Å². The molecular weight excluding hydrogens is 238 g/mol. The molecule has 7 heteroatoms. The Labute approximate surface area is 103 Å². The van der Waals surface area contributed by atoms with Crippen LogP contribution in [0.1, 0.15) is 30.3 Å². The molecule has 2 rings (SSSR count). The number of aromatic nitrogens is 2. The molecule has 7 nitrogen and oxygen atoms in total. The summed E-state index contributed by atoms with van der Waals surface area (Å²) in [6.07, 6.45) is 3.98. The van der Waals surface area contributed by atoms with Crippen molar-refractivity contribution in [2.24, 2.45) is 0 Å². The summed E-state index contributed by atoms with van der Waals surface area (Å²) in [6.45, 7) is 2.20. The van der Waals surface area contributed by atoms with E-state index in [0.717, 1.165) is 6.42 Å². The molecule has 1 aliphatic heterocycles. The zero-order chi connectivity index (χ0) is 13.2. The molecular formula is C11H13N3O4. The van der Waals surface area contributed by atoms with E-state index in [1.807, 2.05) is 0 Å². The minimum Gasteiger partial charge on any atom is -0.476 e. The van der Waals surface area contributed by atoms with Crippen LogP contribution in [0.5, 0.6) is 0 Å². The van der Waals surface area contributed by atoms with Gasteiger partial charge in [-0.25, -0.2) is 14.8 Å². The fraction of sp³-hybridized carbons (Fsp3) is 0.455. The summed E-state index contributed by atoms with van der Waals surface area (Å²) in [7, 11) is 0. The number of hydrogen-bond donors (Lipinski definition) is 2. The summed E-state index contributed by atoms with van der Waals surface area (Å²) in [4.78, 5) is 30.4. The second-order valence-corrected chi connectivity index (χ2v) is 4.20. The van der Waals surface area contributed by atoms with Gasteiger partial charge in [-0.15, -0.1) is 0 Å². The van der Waals surface area contributed by atoms with Crippen molar-refractivity contribution in [1.29, 1.82) is 0 Å². The number of aromatic carboxylic acids is 1. The highest BCUT2D eigenvalue weighted by Gasteiger charge is 2.38. The number of carboxylic acids is 1. The van der Waals surface area contributed by atoms with Gasteiger partial charge in [-0.3, -0.25) is 4.79 Å². The lowest BCUT2D eigenvalue weighted by Gasteiger charge is -2.21.